The zero-order valence-electron chi connectivity index (χ0n) is 7.42. The number of hydrogen-bond donors (Lipinski definition) is 0. The molecule has 3 rings (SSSR count). The summed E-state index contributed by atoms with van der Waals surface area (Å²) in [6.45, 7) is 8.99. The van der Waals surface area contributed by atoms with Gasteiger partial charge in [-0.3, -0.25) is 0 Å². The first-order valence-electron chi connectivity index (χ1n) is 4.21. The van der Waals surface area contributed by atoms with E-state index in [1.807, 2.05) is 0 Å². The molecule has 3 fully saturated rings. The molecule has 0 atom stereocenters. The third kappa shape index (κ3) is 3.52. The van der Waals surface area contributed by atoms with Gasteiger partial charge in [-0.2, -0.15) is 12.8 Å². The van der Waals surface area contributed by atoms with E-state index in [2.05, 4.69) is 18.2 Å². The molecule has 0 aromatic heterocycles. The molecule has 0 unspecified atom stereocenters. The van der Waals surface area contributed by atoms with Gasteiger partial charge >= 0.3 is 0 Å². The largest absolute Gasteiger partial charge is 0.346 e. The monoisotopic (exact) mass is 228 g/mol. The third-order valence-corrected chi connectivity index (χ3v) is 2.33. The molecular formula is C9H17NY-2. The maximum absolute atomic E-state index is 3.25. The Morgan fingerprint density at radius 2 is 1.82 bits per heavy atom. The van der Waals surface area contributed by atoms with Gasteiger partial charge in [0.15, 0.2) is 0 Å². The van der Waals surface area contributed by atoms with Crippen LogP contribution < -0.4 is 0 Å². The van der Waals surface area contributed by atoms with E-state index in [1.165, 1.54) is 32.5 Å². The van der Waals surface area contributed by atoms with Crippen molar-refractivity contribution in [2.75, 3.05) is 19.6 Å². The zero-order valence-corrected chi connectivity index (χ0v) is 10.3. The van der Waals surface area contributed by atoms with Crippen molar-refractivity contribution in [3.05, 3.63) is 13.3 Å². The van der Waals surface area contributed by atoms with Crippen LogP contribution in [0, 0.1) is 19.3 Å². The molecule has 1 nitrogen and oxygen atoms in total. The van der Waals surface area contributed by atoms with Crippen LogP contribution in [0.5, 0.6) is 0 Å². The average Bonchev–Trinajstić information content (AvgIpc) is 2.11. The summed E-state index contributed by atoms with van der Waals surface area (Å²) in [5, 5.41) is 0. The molecule has 0 aromatic rings. The van der Waals surface area contributed by atoms with Crippen molar-refractivity contribution in [1.29, 1.82) is 0 Å². The quantitative estimate of drug-likeness (QED) is 0.571. The zero-order chi connectivity index (χ0) is 7.40. The second-order valence-electron chi connectivity index (χ2n) is 2.87. The van der Waals surface area contributed by atoms with E-state index in [1.54, 1.807) is 6.92 Å². The van der Waals surface area contributed by atoms with Crippen LogP contribution in [0.1, 0.15) is 19.8 Å². The van der Waals surface area contributed by atoms with E-state index < -0.39 is 0 Å². The predicted octanol–water partition coefficient (Wildman–Crippen LogP) is 1.75. The van der Waals surface area contributed by atoms with Crippen LogP contribution in [0.25, 0.3) is 0 Å². The van der Waals surface area contributed by atoms with Crippen molar-refractivity contribution >= 4 is 0 Å². The molecule has 1 radical (unpaired) electrons. The molecule has 0 spiro atoms. The van der Waals surface area contributed by atoms with Crippen LogP contribution in [0.2, 0.25) is 0 Å². The standard InChI is InChI=1S/C7H12N.C2H5.Y/c1-4-8-5-2-7(1)3-6-8;1-2;/h1,7H,2-6H2;1H2,2H3;/q2*-1;. The Morgan fingerprint density at radius 3 is 1.91 bits per heavy atom. The van der Waals surface area contributed by atoms with Crippen molar-refractivity contribution in [1.82, 2.24) is 4.90 Å². The van der Waals surface area contributed by atoms with Gasteiger partial charge in [0.05, 0.1) is 0 Å². The Labute approximate surface area is 95.8 Å². The molecule has 3 heterocycles. The SMILES string of the molecule is [CH-]1CN2CCC1CC2.[CH2-]C.[Y]. The normalized spacial score (nSPS) is 33.3. The Kier molecular flexibility index (Phi) is 7.20. The van der Waals surface area contributed by atoms with Gasteiger partial charge in [0, 0.05) is 32.7 Å². The number of piperidine rings is 3. The third-order valence-electron chi connectivity index (χ3n) is 2.33. The molecule has 11 heavy (non-hydrogen) atoms. The van der Waals surface area contributed by atoms with Crippen molar-refractivity contribution in [2.24, 2.45) is 5.92 Å². The fraction of sp³-hybridized carbons (Fsp3) is 0.778. The maximum atomic E-state index is 3.25. The minimum absolute atomic E-state index is 0. The minimum atomic E-state index is 0. The van der Waals surface area contributed by atoms with E-state index in [-0.39, 0.29) is 32.7 Å². The first-order valence-corrected chi connectivity index (χ1v) is 4.21. The summed E-state index contributed by atoms with van der Waals surface area (Å²) >= 11 is 0. The second kappa shape index (κ2) is 6.57. The Bertz CT molecular complexity index is 64.5. The summed E-state index contributed by atoms with van der Waals surface area (Å²) < 4.78 is 0. The molecule has 2 bridgehead atoms. The number of fused-ring (bicyclic) bond motifs is 3. The average molecular weight is 228 g/mol. The summed E-state index contributed by atoms with van der Waals surface area (Å²) in [5.74, 6) is 0.986. The van der Waals surface area contributed by atoms with Crippen LogP contribution in [-0.2, 0) is 32.7 Å². The molecule has 3 saturated heterocycles. The minimum Gasteiger partial charge on any atom is -0.346 e. The van der Waals surface area contributed by atoms with Crippen molar-refractivity contribution in [3.63, 3.8) is 0 Å². The molecule has 0 aliphatic carbocycles. The van der Waals surface area contributed by atoms with E-state index in [0.717, 1.165) is 5.92 Å². The van der Waals surface area contributed by atoms with Gasteiger partial charge in [0.1, 0.15) is 0 Å². The molecule has 3 aliphatic rings. The van der Waals surface area contributed by atoms with Gasteiger partial charge in [-0.25, -0.2) is 0 Å². The molecular weight excluding hydrogens is 211 g/mol. The second-order valence-corrected chi connectivity index (χ2v) is 2.87. The van der Waals surface area contributed by atoms with Gasteiger partial charge in [0.2, 0.25) is 0 Å². The van der Waals surface area contributed by atoms with Crippen molar-refractivity contribution in [3.8, 4) is 0 Å². The summed E-state index contributed by atoms with van der Waals surface area (Å²) in [4.78, 5) is 2.53. The van der Waals surface area contributed by atoms with Crippen LogP contribution in [-0.4, -0.2) is 24.5 Å². The fourth-order valence-corrected chi connectivity index (χ4v) is 1.67. The van der Waals surface area contributed by atoms with Gasteiger partial charge in [-0.1, -0.05) is 12.8 Å². The van der Waals surface area contributed by atoms with Crippen LogP contribution >= 0.6 is 0 Å². The van der Waals surface area contributed by atoms with Crippen molar-refractivity contribution in [2.45, 2.75) is 19.8 Å². The topological polar surface area (TPSA) is 3.24 Å². The smallest absolute Gasteiger partial charge is 0 e. The number of rotatable bonds is 0. The summed E-state index contributed by atoms with van der Waals surface area (Å²) in [7, 11) is 0. The maximum Gasteiger partial charge on any atom is 0 e. The fourth-order valence-electron chi connectivity index (χ4n) is 1.67. The summed E-state index contributed by atoms with van der Waals surface area (Å²) in [6, 6.07) is 0. The van der Waals surface area contributed by atoms with Crippen LogP contribution in [0.4, 0.5) is 0 Å². The van der Waals surface area contributed by atoms with E-state index in [4.69, 9.17) is 0 Å². The first-order chi connectivity index (χ1) is 4.95. The van der Waals surface area contributed by atoms with Crippen LogP contribution in [0.15, 0.2) is 0 Å². The van der Waals surface area contributed by atoms with Gasteiger partial charge < -0.3 is 18.2 Å². The Balaban J connectivity index is 0.000000311. The Morgan fingerprint density at radius 1 is 1.27 bits per heavy atom. The van der Waals surface area contributed by atoms with Crippen molar-refractivity contribution < 1.29 is 32.7 Å². The first kappa shape index (κ1) is 12.1. The van der Waals surface area contributed by atoms with E-state index >= 15 is 0 Å². The summed E-state index contributed by atoms with van der Waals surface area (Å²) in [5.41, 5.74) is 0. The molecule has 3 aliphatic heterocycles. The molecule has 0 saturated carbocycles. The van der Waals surface area contributed by atoms with Gasteiger partial charge in [0.25, 0.3) is 0 Å². The number of nitrogens with zero attached hydrogens (tertiary/aromatic N) is 1. The van der Waals surface area contributed by atoms with Gasteiger partial charge in [-0.15, -0.1) is 6.54 Å². The number of hydrogen-bond acceptors (Lipinski definition) is 1. The van der Waals surface area contributed by atoms with E-state index in [9.17, 15) is 0 Å². The molecule has 0 amide bonds. The van der Waals surface area contributed by atoms with E-state index in [0.29, 0.717) is 0 Å². The molecule has 0 N–H and O–H groups in total. The summed E-state index contributed by atoms with van der Waals surface area (Å²) in [6.07, 6.45) is 5.33. The Hall–Kier alpha value is 1.06. The van der Waals surface area contributed by atoms with Gasteiger partial charge in [-0.05, 0) is 13.1 Å². The molecule has 2 heteroatoms. The molecule has 63 valence electrons. The predicted molar refractivity (Wildman–Crippen MR) is 44.5 cm³/mol. The molecule has 0 aromatic carbocycles. The van der Waals surface area contributed by atoms with Crippen LogP contribution in [0.3, 0.4) is 0 Å².